The molecule has 1 aliphatic heterocycles. The molecule has 1 aliphatic rings. The number of benzene rings is 1. The van der Waals surface area contributed by atoms with Crippen LogP contribution < -0.4 is 10.2 Å². The molecule has 1 fully saturated rings. The summed E-state index contributed by atoms with van der Waals surface area (Å²) in [5.41, 5.74) is -0.723. The summed E-state index contributed by atoms with van der Waals surface area (Å²) < 4.78 is 39.8. The first-order valence-corrected chi connectivity index (χ1v) is 7.70. The van der Waals surface area contributed by atoms with Gasteiger partial charge in [0.1, 0.15) is 0 Å². The Kier molecular flexibility index (Phi) is 5.67. The van der Waals surface area contributed by atoms with Crippen molar-refractivity contribution in [2.24, 2.45) is 0 Å². The monoisotopic (exact) mass is 340 g/mol. The molecular weight excluding hydrogens is 321 g/mol. The van der Waals surface area contributed by atoms with E-state index in [2.05, 4.69) is 5.32 Å². The van der Waals surface area contributed by atoms with Gasteiger partial charge in [-0.2, -0.15) is 18.4 Å². The molecule has 0 radical (unpaired) electrons. The molecule has 1 heterocycles. The highest BCUT2D eigenvalue weighted by Crippen LogP contribution is 2.37. The van der Waals surface area contributed by atoms with Gasteiger partial charge in [-0.05, 0) is 25.1 Å². The van der Waals surface area contributed by atoms with E-state index in [-0.39, 0.29) is 23.7 Å². The van der Waals surface area contributed by atoms with Gasteiger partial charge < -0.3 is 10.2 Å². The highest BCUT2D eigenvalue weighted by molar-refractivity contribution is 5.78. The van der Waals surface area contributed by atoms with Gasteiger partial charge in [-0.3, -0.25) is 9.69 Å². The Morgan fingerprint density at radius 3 is 2.50 bits per heavy atom. The fourth-order valence-electron chi connectivity index (χ4n) is 2.71. The number of nitrogens with one attached hydrogen (secondary N) is 1. The fourth-order valence-corrected chi connectivity index (χ4v) is 2.71. The summed E-state index contributed by atoms with van der Waals surface area (Å²) in [7, 11) is 0. The number of halogens is 3. The minimum Gasteiger partial charge on any atom is -0.368 e. The van der Waals surface area contributed by atoms with E-state index in [9.17, 15) is 18.0 Å². The van der Waals surface area contributed by atoms with E-state index in [0.717, 1.165) is 6.07 Å². The minimum atomic E-state index is -4.51. The molecule has 1 aromatic rings. The molecular formula is C16H19F3N4O. The maximum absolute atomic E-state index is 13.3. The van der Waals surface area contributed by atoms with E-state index < -0.39 is 11.7 Å². The number of hydrogen-bond donors (Lipinski definition) is 1. The van der Waals surface area contributed by atoms with Crippen molar-refractivity contribution in [2.45, 2.75) is 13.1 Å². The average Bonchev–Trinajstić information content (AvgIpc) is 2.54. The first-order chi connectivity index (χ1) is 11.3. The lowest BCUT2D eigenvalue weighted by molar-refractivity contribution is -0.137. The fraction of sp³-hybridized carbons (Fsp3) is 0.500. The Bertz CT molecular complexity index is 631. The molecule has 1 N–H and O–H groups in total. The second kappa shape index (κ2) is 7.53. The van der Waals surface area contributed by atoms with Crippen LogP contribution in [-0.4, -0.2) is 50.1 Å². The quantitative estimate of drug-likeness (QED) is 0.909. The first-order valence-electron chi connectivity index (χ1n) is 7.70. The third-order valence-electron chi connectivity index (χ3n) is 3.89. The van der Waals surface area contributed by atoms with Gasteiger partial charge in [0.25, 0.3) is 0 Å². The number of carbonyl (C=O) groups is 1. The number of alkyl halides is 3. The number of anilines is 1. The Balaban J connectivity index is 2.09. The molecule has 0 bridgehead atoms. The zero-order valence-electron chi connectivity index (χ0n) is 13.4. The summed E-state index contributed by atoms with van der Waals surface area (Å²) >= 11 is 0. The van der Waals surface area contributed by atoms with Crippen LogP contribution in [0.4, 0.5) is 18.9 Å². The van der Waals surface area contributed by atoms with Crippen molar-refractivity contribution in [2.75, 3.05) is 44.2 Å². The van der Waals surface area contributed by atoms with Gasteiger partial charge in [-0.15, -0.1) is 0 Å². The van der Waals surface area contributed by atoms with Crippen molar-refractivity contribution >= 4 is 11.6 Å². The van der Waals surface area contributed by atoms with E-state index in [4.69, 9.17) is 5.26 Å². The molecule has 0 aromatic heterocycles. The summed E-state index contributed by atoms with van der Waals surface area (Å²) in [6.07, 6.45) is -4.51. The smallest absolute Gasteiger partial charge is 0.368 e. The van der Waals surface area contributed by atoms with Crippen molar-refractivity contribution in [3.63, 3.8) is 0 Å². The number of piperazine rings is 1. The maximum atomic E-state index is 13.3. The number of amides is 1. The van der Waals surface area contributed by atoms with Gasteiger partial charge in [0, 0.05) is 38.4 Å². The normalized spacial score (nSPS) is 15.9. The summed E-state index contributed by atoms with van der Waals surface area (Å²) in [6, 6.07) is 5.37. The second-order valence-electron chi connectivity index (χ2n) is 5.56. The van der Waals surface area contributed by atoms with Crippen LogP contribution >= 0.6 is 0 Å². The molecule has 0 saturated carbocycles. The van der Waals surface area contributed by atoms with Crippen molar-refractivity contribution < 1.29 is 18.0 Å². The summed E-state index contributed by atoms with van der Waals surface area (Å²) in [5.74, 6) is -0.0831. The maximum Gasteiger partial charge on any atom is 0.418 e. The van der Waals surface area contributed by atoms with Gasteiger partial charge in [0.05, 0.1) is 23.7 Å². The zero-order chi connectivity index (χ0) is 17.7. The van der Waals surface area contributed by atoms with Crippen LogP contribution in [-0.2, 0) is 11.0 Å². The van der Waals surface area contributed by atoms with Crippen LogP contribution in [0.3, 0.4) is 0 Å². The first kappa shape index (κ1) is 18.1. The topological polar surface area (TPSA) is 59.4 Å². The lowest BCUT2D eigenvalue weighted by Crippen LogP contribution is -2.49. The SMILES string of the molecule is CCNC(=O)CN1CCN(c2ccc(C#N)cc2C(F)(F)F)CC1. The van der Waals surface area contributed by atoms with Gasteiger partial charge in [-0.1, -0.05) is 0 Å². The van der Waals surface area contributed by atoms with E-state index in [1.165, 1.54) is 12.1 Å². The molecule has 2 rings (SSSR count). The van der Waals surface area contributed by atoms with Gasteiger partial charge in [0.15, 0.2) is 0 Å². The van der Waals surface area contributed by atoms with E-state index >= 15 is 0 Å². The Hall–Kier alpha value is -2.27. The summed E-state index contributed by atoms with van der Waals surface area (Å²) in [4.78, 5) is 15.1. The Labute approximate surface area is 138 Å². The zero-order valence-corrected chi connectivity index (χ0v) is 13.4. The Morgan fingerprint density at radius 1 is 1.29 bits per heavy atom. The number of carbonyl (C=O) groups excluding carboxylic acids is 1. The van der Waals surface area contributed by atoms with E-state index in [0.29, 0.717) is 32.7 Å². The standard InChI is InChI=1S/C16H19F3N4O/c1-2-21-15(24)11-22-5-7-23(8-6-22)14-4-3-12(10-20)9-13(14)16(17,18)19/h3-4,9H,2,5-8,11H2,1H3,(H,21,24). The average molecular weight is 340 g/mol. The van der Waals surface area contributed by atoms with E-state index in [1.807, 2.05) is 11.8 Å². The molecule has 0 unspecified atom stereocenters. The second-order valence-corrected chi connectivity index (χ2v) is 5.56. The molecule has 0 atom stereocenters. The van der Waals surface area contributed by atoms with Crippen LogP contribution in [0.2, 0.25) is 0 Å². The van der Waals surface area contributed by atoms with Crippen LogP contribution in [0.25, 0.3) is 0 Å². The van der Waals surface area contributed by atoms with Crippen LogP contribution in [0.15, 0.2) is 18.2 Å². The third-order valence-corrected chi connectivity index (χ3v) is 3.89. The highest BCUT2D eigenvalue weighted by atomic mass is 19.4. The van der Waals surface area contributed by atoms with Crippen LogP contribution in [0.1, 0.15) is 18.1 Å². The third kappa shape index (κ3) is 4.38. The molecule has 1 aromatic carbocycles. The number of rotatable bonds is 4. The van der Waals surface area contributed by atoms with E-state index in [1.54, 1.807) is 11.0 Å². The lowest BCUT2D eigenvalue weighted by Gasteiger charge is -2.36. The number of nitrogens with zero attached hydrogens (tertiary/aromatic N) is 3. The van der Waals surface area contributed by atoms with Crippen LogP contribution in [0, 0.1) is 11.3 Å². The molecule has 8 heteroatoms. The molecule has 0 aliphatic carbocycles. The summed E-state index contributed by atoms with van der Waals surface area (Å²) in [6.45, 7) is 4.45. The molecule has 1 saturated heterocycles. The van der Waals surface area contributed by atoms with Gasteiger partial charge >= 0.3 is 6.18 Å². The molecule has 1 amide bonds. The molecule has 0 spiro atoms. The minimum absolute atomic E-state index is 0.0130. The van der Waals surface area contributed by atoms with Crippen molar-refractivity contribution in [1.29, 1.82) is 5.26 Å². The predicted octanol–water partition coefficient (Wildman–Crippen LogP) is 1.84. The number of likely N-dealkylation sites (N-methyl/N-ethyl adjacent to an activating group) is 1. The van der Waals surface area contributed by atoms with Crippen LogP contribution in [0.5, 0.6) is 0 Å². The number of hydrogen-bond acceptors (Lipinski definition) is 4. The van der Waals surface area contributed by atoms with Crippen molar-refractivity contribution in [3.05, 3.63) is 29.3 Å². The molecule has 5 nitrogen and oxygen atoms in total. The van der Waals surface area contributed by atoms with Crippen molar-refractivity contribution in [3.8, 4) is 6.07 Å². The largest absolute Gasteiger partial charge is 0.418 e. The Morgan fingerprint density at radius 2 is 1.96 bits per heavy atom. The molecule has 24 heavy (non-hydrogen) atoms. The highest BCUT2D eigenvalue weighted by Gasteiger charge is 2.36. The van der Waals surface area contributed by atoms with Crippen molar-refractivity contribution in [1.82, 2.24) is 10.2 Å². The number of nitriles is 1. The summed E-state index contributed by atoms with van der Waals surface area (Å²) in [5, 5.41) is 11.5. The van der Waals surface area contributed by atoms with Gasteiger partial charge in [-0.25, -0.2) is 0 Å². The lowest BCUT2D eigenvalue weighted by atomic mass is 10.1. The van der Waals surface area contributed by atoms with Gasteiger partial charge in [0.2, 0.25) is 5.91 Å². The molecule has 130 valence electrons. The predicted molar refractivity (Wildman–Crippen MR) is 83.5 cm³/mol.